The molecule has 5 nitrogen and oxygen atoms in total. The second-order valence-corrected chi connectivity index (χ2v) is 7.11. The van der Waals surface area contributed by atoms with Gasteiger partial charge < -0.3 is 10.2 Å². The van der Waals surface area contributed by atoms with Crippen molar-refractivity contribution in [3.63, 3.8) is 0 Å². The van der Waals surface area contributed by atoms with Gasteiger partial charge in [0.2, 0.25) is 5.91 Å². The van der Waals surface area contributed by atoms with Gasteiger partial charge in [0.1, 0.15) is 0 Å². The largest absolute Gasteiger partial charge is 0.349 e. The van der Waals surface area contributed by atoms with Gasteiger partial charge >= 0.3 is 0 Å². The van der Waals surface area contributed by atoms with E-state index in [0.717, 1.165) is 55.6 Å². The lowest BCUT2D eigenvalue weighted by Gasteiger charge is -2.35. The van der Waals surface area contributed by atoms with Crippen LogP contribution in [0.5, 0.6) is 0 Å². The lowest BCUT2D eigenvalue weighted by atomic mass is 9.99. The highest BCUT2D eigenvalue weighted by molar-refractivity contribution is 5.97. The number of carbonyl (C=O) groups is 2. The minimum atomic E-state index is 0.0285. The van der Waals surface area contributed by atoms with E-state index >= 15 is 0 Å². The Morgan fingerprint density at radius 3 is 2.25 bits per heavy atom. The van der Waals surface area contributed by atoms with Gasteiger partial charge in [-0.2, -0.15) is 0 Å². The van der Waals surface area contributed by atoms with Crippen LogP contribution < -0.4 is 5.32 Å². The van der Waals surface area contributed by atoms with Crippen LogP contribution in [-0.2, 0) is 4.79 Å². The van der Waals surface area contributed by atoms with Crippen LogP contribution in [0.25, 0.3) is 0 Å². The fourth-order valence-electron chi connectivity index (χ4n) is 3.93. The quantitative estimate of drug-likeness (QED) is 0.919. The molecule has 0 aliphatic carbocycles. The van der Waals surface area contributed by atoms with Gasteiger partial charge in [0.05, 0.1) is 6.04 Å². The topological polar surface area (TPSA) is 52.7 Å². The number of aryl methyl sites for hydroxylation is 2. The van der Waals surface area contributed by atoms with E-state index in [1.54, 1.807) is 0 Å². The maximum Gasteiger partial charge on any atom is 0.252 e. The standard InChI is InChI=1S/C19H27N3O2/c1-13-5-4-6-14(2)17(13)18(23)20-15-7-11-22(12-8-15)16-9-10-21(3)19(16)24/h4-6,15-16H,7-12H2,1-3H3,(H,20,23). The molecule has 0 saturated carbocycles. The maximum atomic E-state index is 12.6. The van der Waals surface area contributed by atoms with Gasteiger partial charge in [-0.1, -0.05) is 18.2 Å². The summed E-state index contributed by atoms with van der Waals surface area (Å²) in [6, 6.07) is 6.18. The summed E-state index contributed by atoms with van der Waals surface area (Å²) < 4.78 is 0. The number of likely N-dealkylation sites (tertiary alicyclic amines) is 2. The van der Waals surface area contributed by atoms with Crippen LogP contribution >= 0.6 is 0 Å². The first-order valence-electron chi connectivity index (χ1n) is 8.83. The van der Waals surface area contributed by atoms with Gasteiger partial charge in [0.15, 0.2) is 0 Å². The summed E-state index contributed by atoms with van der Waals surface area (Å²) >= 11 is 0. The van der Waals surface area contributed by atoms with Crippen LogP contribution in [0, 0.1) is 13.8 Å². The highest BCUT2D eigenvalue weighted by Gasteiger charge is 2.35. The third kappa shape index (κ3) is 3.31. The van der Waals surface area contributed by atoms with E-state index < -0.39 is 0 Å². The Morgan fingerprint density at radius 1 is 1.08 bits per heavy atom. The predicted molar refractivity (Wildman–Crippen MR) is 94.0 cm³/mol. The van der Waals surface area contributed by atoms with E-state index in [0.29, 0.717) is 0 Å². The monoisotopic (exact) mass is 329 g/mol. The third-order valence-electron chi connectivity index (χ3n) is 5.41. The molecule has 2 saturated heterocycles. The second-order valence-electron chi connectivity index (χ2n) is 7.11. The first kappa shape index (κ1) is 17.0. The number of nitrogens with one attached hydrogen (secondary N) is 1. The van der Waals surface area contributed by atoms with Crippen LogP contribution in [0.1, 0.15) is 40.7 Å². The molecule has 0 bridgehead atoms. The summed E-state index contributed by atoms with van der Waals surface area (Å²) in [6.07, 6.45) is 2.74. The summed E-state index contributed by atoms with van der Waals surface area (Å²) in [5.74, 6) is 0.272. The zero-order chi connectivity index (χ0) is 17.3. The van der Waals surface area contributed by atoms with Gasteiger partial charge in [0, 0.05) is 38.3 Å². The van der Waals surface area contributed by atoms with Crippen molar-refractivity contribution in [1.82, 2.24) is 15.1 Å². The van der Waals surface area contributed by atoms with Gasteiger partial charge in [-0.05, 0) is 44.2 Å². The molecule has 0 radical (unpaired) electrons. The number of hydrogen-bond acceptors (Lipinski definition) is 3. The van der Waals surface area contributed by atoms with E-state index in [-0.39, 0.29) is 23.9 Å². The molecule has 0 aromatic heterocycles. The Bertz CT molecular complexity index is 615. The highest BCUT2D eigenvalue weighted by atomic mass is 16.2. The molecule has 1 aromatic rings. The Balaban J connectivity index is 1.56. The van der Waals surface area contributed by atoms with Gasteiger partial charge in [-0.15, -0.1) is 0 Å². The van der Waals surface area contributed by atoms with Crippen LogP contribution in [-0.4, -0.2) is 60.4 Å². The van der Waals surface area contributed by atoms with Gasteiger partial charge in [-0.3, -0.25) is 14.5 Å². The molecule has 1 atom stereocenters. The molecule has 2 aliphatic heterocycles. The smallest absolute Gasteiger partial charge is 0.252 e. The summed E-state index contributed by atoms with van der Waals surface area (Å²) in [4.78, 5) is 28.8. The van der Waals surface area contributed by atoms with E-state index in [1.165, 1.54) is 0 Å². The molecule has 2 heterocycles. The average Bonchev–Trinajstić information content (AvgIpc) is 2.88. The first-order valence-corrected chi connectivity index (χ1v) is 8.83. The molecule has 2 aliphatic rings. The van der Waals surface area contributed by atoms with Crippen molar-refractivity contribution in [3.05, 3.63) is 34.9 Å². The average molecular weight is 329 g/mol. The van der Waals surface area contributed by atoms with Crippen molar-refractivity contribution in [1.29, 1.82) is 0 Å². The molecule has 5 heteroatoms. The Hall–Kier alpha value is -1.88. The Morgan fingerprint density at radius 2 is 1.71 bits per heavy atom. The normalized spacial score (nSPS) is 22.9. The van der Waals surface area contributed by atoms with Gasteiger partial charge in [-0.25, -0.2) is 0 Å². The third-order valence-corrected chi connectivity index (χ3v) is 5.41. The minimum absolute atomic E-state index is 0.0285. The molecular formula is C19H27N3O2. The number of hydrogen-bond donors (Lipinski definition) is 1. The van der Waals surface area contributed by atoms with E-state index in [1.807, 2.05) is 44.0 Å². The van der Waals surface area contributed by atoms with E-state index in [9.17, 15) is 9.59 Å². The molecule has 1 N–H and O–H groups in total. The number of nitrogens with zero attached hydrogens (tertiary/aromatic N) is 2. The second kappa shape index (κ2) is 6.93. The zero-order valence-corrected chi connectivity index (χ0v) is 14.8. The molecule has 24 heavy (non-hydrogen) atoms. The van der Waals surface area contributed by atoms with Crippen molar-refractivity contribution in [2.24, 2.45) is 0 Å². The van der Waals surface area contributed by atoms with Crippen molar-refractivity contribution < 1.29 is 9.59 Å². The minimum Gasteiger partial charge on any atom is -0.349 e. The van der Waals surface area contributed by atoms with Crippen molar-refractivity contribution in [2.75, 3.05) is 26.7 Å². The maximum absolute atomic E-state index is 12.6. The fraction of sp³-hybridized carbons (Fsp3) is 0.579. The molecular weight excluding hydrogens is 302 g/mol. The number of likely N-dealkylation sites (N-methyl/N-ethyl adjacent to an activating group) is 1. The van der Waals surface area contributed by atoms with Crippen LogP contribution in [0.2, 0.25) is 0 Å². The molecule has 2 amide bonds. The number of rotatable bonds is 3. The number of amides is 2. The zero-order valence-electron chi connectivity index (χ0n) is 14.8. The molecule has 2 fully saturated rings. The first-order chi connectivity index (χ1) is 11.5. The SMILES string of the molecule is Cc1cccc(C)c1C(=O)NC1CCN(C2CCN(C)C2=O)CC1. The molecule has 0 spiro atoms. The summed E-state index contributed by atoms with van der Waals surface area (Å²) in [7, 11) is 1.87. The number of benzene rings is 1. The summed E-state index contributed by atoms with van der Waals surface area (Å²) in [6.45, 7) is 6.57. The van der Waals surface area contributed by atoms with Crippen molar-refractivity contribution >= 4 is 11.8 Å². The molecule has 3 rings (SSSR count). The van der Waals surface area contributed by atoms with Crippen molar-refractivity contribution in [3.8, 4) is 0 Å². The van der Waals surface area contributed by atoms with E-state index in [4.69, 9.17) is 0 Å². The van der Waals surface area contributed by atoms with Crippen LogP contribution in [0.4, 0.5) is 0 Å². The lowest BCUT2D eigenvalue weighted by Crippen LogP contribution is -2.50. The van der Waals surface area contributed by atoms with E-state index in [2.05, 4.69) is 10.2 Å². The Labute approximate surface area is 144 Å². The Kier molecular flexibility index (Phi) is 4.90. The molecule has 1 unspecified atom stereocenters. The summed E-state index contributed by atoms with van der Waals surface area (Å²) in [5, 5.41) is 3.19. The predicted octanol–water partition coefficient (Wildman–Crippen LogP) is 1.73. The molecule has 1 aromatic carbocycles. The van der Waals surface area contributed by atoms with Gasteiger partial charge in [0.25, 0.3) is 5.91 Å². The number of carbonyl (C=O) groups excluding carboxylic acids is 2. The summed E-state index contributed by atoms with van der Waals surface area (Å²) in [5.41, 5.74) is 2.83. The van der Waals surface area contributed by atoms with Crippen LogP contribution in [0.3, 0.4) is 0 Å². The van der Waals surface area contributed by atoms with Crippen LogP contribution in [0.15, 0.2) is 18.2 Å². The molecule has 130 valence electrons. The lowest BCUT2D eigenvalue weighted by molar-refractivity contribution is -0.131. The highest BCUT2D eigenvalue weighted by Crippen LogP contribution is 2.21. The number of piperidine rings is 1. The van der Waals surface area contributed by atoms with Crippen molar-refractivity contribution in [2.45, 2.75) is 45.2 Å². The fourth-order valence-corrected chi connectivity index (χ4v) is 3.93.